The fourth-order valence-corrected chi connectivity index (χ4v) is 3.80. The molecule has 31 heavy (non-hydrogen) atoms. The van der Waals surface area contributed by atoms with Crippen molar-refractivity contribution in [1.82, 2.24) is 24.0 Å². The second-order valence-electron chi connectivity index (χ2n) is 8.53. The Morgan fingerprint density at radius 1 is 1.06 bits per heavy atom. The molecule has 0 aliphatic heterocycles. The van der Waals surface area contributed by atoms with Gasteiger partial charge in [0.2, 0.25) is 5.91 Å². The van der Waals surface area contributed by atoms with Crippen molar-refractivity contribution in [3.63, 3.8) is 0 Å². The van der Waals surface area contributed by atoms with E-state index in [0.717, 1.165) is 16.6 Å². The molecule has 0 fully saturated rings. The summed E-state index contributed by atoms with van der Waals surface area (Å²) < 4.78 is 3.81. The molecule has 0 bridgehead atoms. The Labute approximate surface area is 181 Å². The Morgan fingerprint density at radius 2 is 1.68 bits per heavy atom. The number of hydrogen-bond donors (Lipinski definition) is 1. The van der Waals surface area contributed by atoms with Gasteiger partial charge in [-0.1, -0.05) is 52.0 Å². The van der Waals surface area contributed by atoms with Gasteiger partial charge in [-0.15, -0.1) is 0 Å². The lowest BCUT2D eigenvalue weighted by molar-refractivity contribution is -0.122. The van der Waals surface area contributed by atoms with Crippen LogP contribution in [0.25, 0.3) is 11.2 Å². The molecule has 0 spiro atoms. The average Bonchev–Trinajstić information content (AvgIpc) is 3.14. The second kappa shape index (κ2) is 8.91. The zero-order chi connectivity index (χ0) is 22.9. The van der Waals surface area contributed by atoms with Crippen LogP contribution >= 0.6 is 0 Å². The topological polar surface area (TPSA) is 90.9 Å². The van der Waals surface area contributed by atoms with Crippen molar-refractivity contribution >= 4 is 17.1 Å². The number of amides is 1. The normalized spacial score (nSPS) is 13.5. The summed E-state index contributed by atoms with van der Waals surface area (Å²) in [5, 5.41) is 3.01. The van der Waals surface area contributed by atoms with Gasteiger partial charge >= 0.3 is 5.69 Å². The molecule has 1 N–H and O–H groups in total. The molecule has 3 aromatic rings. The van der Waals surface area contributed by atoms with Crippen LogP contribution in [0.15, 0.2) is 40.2 Å². The van der Waals surface area contributed by atoms with Crippen molar-refractivity contribution in [3.05, 3.63) is 62.6 Å². The maximum atomic E-state index is 12.9. The lowest BCUT2D eigenvalue weighted by Crippen LogP contribution is -2.44. The Kier molecular flexibility index (Phi) is 6.48. The van der Waals surface area contributed by atoms with Crippen molar-refractivity contribution in [2.45, 2.75) is 52.6 Å². The van der Waals surface area contributed by atoms with E-state index < -0.39 is 11.2 Å². The highest BCUT2D eigenvalue weighted by Crippen LogP contribution is 2.25. The van der Waals surface area contributed by atoms with Gasteiger partial charge in [0.1, 0.15) is 6.54 Å². The molecule has 0 saturated heterocycles. The van der Waals surface area contributed by atoms with Crippen molar-refractivity contribution in [1.29, 1.82) is 0 Å². The zero-order valence-electron chi connectivity index (χ0n) is 19.0. The largest absolute Gasteiger partial charge is 0.347 e. The van der Waals surface area contributed by atoms with Gasteiger partial charge in [-0.2, -0.15) is 0 Å². The van der Waals surface area contributed by atoms with E-state index in [0.29, 0.717) is 11.6 Å². The minimum Gasteiger partial charge on any atom is -0.347 e. The highest BCUT2D eigenvalue weighted by Gasteiger charge is 2.21. The van der Waals surface area contributed by atoms with Gasteiger partial charge in [0.15, 0.2) is 11.2 Å². The maximum absolute atomic E-state index is 12.9. The van der Waals surface area contributed by atoms with Gasteiger partial charge in [0.25, 0.3) is 5.56 Å². The van der Waals surface area contributed by atoms with Crippen LogP contribution < -0.4 is 16.6 Å². The summed E-state index contributed by atoms with van der Waals surface area (Å²) in [6.45, 7) is 8.06. The van der Waals surface area contributed by atoms with Crippen LogP contribution in [0.3, 0.4) is 0 Å². The minimum atomic E-state index is -0.564. The van der Waals surface area contributed by atoms with Crippen molar-refractivity contribution in [2.75, 3.05) is 0 Å². The predicted molar refractivity (Wildman–Crippen MR) is 121 cm³/mol. The van der Waals surface area contributed by atoms with Crippen LogP contribution in [0.5, 0.6) is 0 Å². The van der Waals surface area contributed by atoms with Crippen LogP contribution in [-0.2, 0) is 25.4 Å². The molecule has 3 rings (SSSR count). The van der Waals surface area contributed by atoms with E-state index >= 15 is 0 Å². The molecular formula is C23H31N5O3. The lowest BCUT2D eigenvalue weighted by Gasteiger charge is -2.24. The van der Waals surface area contributed by atoms with Crippen LogP contribution in [0.4, 0.5) is 0 Å². The molecule has 2 aromatic heterocycles. The lowest BCUT2D eigenvalue weighted by atomic mass is 9.92. The summed E-state index contributed by atoms with van der Waals surface area (Å²) in [6.07, 6.45) is 2.54. The van der Waals surface area contributed by atoms with E-state index in [4.69, 9.17) is 0 Å². The molecule has 8 nitrogen and oxygen atoms in total. The summed E-state index contributed by atoms with van der Waals surface area (Å²) >= 11 is 0. The number of benzene rings is 1. The first-order valence-corrected chi connectivity index (χ1v) is 10.7. The van der Waals surface area contributed by atoms with Gasteiger partial charge < -0.3 is 9.88 Å². The monoisotopic (exact) mass is 425 g/mol. The molecule has 1 amide bonds. The van der Waals surface area contributed by atoms with Gasteiger partial charge in [-0.3, -0.25) is 14.2 Å². The highest BCUT2D eigenvalue weighted by atomic mass is 16.2. The Balaban J connectivity index is 1.87. The van der Waals surface area contributed by atoms with Gasteiger partial charge in [-0.25, -0.2) is 14.3 Å². The highest BCUT2D eigenvalue weighted by molar-refractivity contribution is 5.77. The number of carbonyl (C=O) groups excluding carboxylic acids is 1. The smallest absolute Gasteiger partial charge is 0.332 e. The third kappa shape index (κ3) is 4.33. The maximum Gasteiger partial charge on any atom is 0.332 e. The first kappa shape index (κ1) is 22.5. The zero-order valence-corrected chi connectivity index (χ0v) is 19.0. The molecule has 0 aliphatic carbocycles. The number of nitrogens with zero attached hydrogens (tertiary/aromatic N) is 4. The molecule has 0 aliphatic rings. The Morgan fingerprint density at radius 3 is 2.26 bits per heavy atom. The summed E-state index contributed by atoms with van der Waals surface area (Å²) in [5.41, 5.74) is 1.77. The number of aromatic nitrogens is 4. The molecule has 2 heterocycles. The fraction of sp³-hybridized carbons (Fsp3) is 0.478. The number of rotatable bonds is 7. The number of hydrogen-bond acceptors (Lipinski definition) is 4. The molecule has 0 radical (unpaired) electrons. The number of aryl methyl sites for hydroxylation is 2. The number of imidazole rings is 1. The Bertz CT molecular complexity index is 1200. The third-order valence-electron chi connectivity index (χ3n) is 5.96. The van der Waals surface area contributed by atoms with E-state index in [-0.39, 0.29) is 29.9 Å². The number of fused-ring (bicyclic) bond motifs is 1. The fourth-order valence-electron chi connectivity index (χ4n) is 3.80. The molecular weight excluding hydrogens is 394 g/mol. The molecule has 166 valence electrons. The standard InChI is InChI=1S/C23H31N5O3/c1-7-15(4)16-8-10-17(11-9-16)19(14(2)3)25-18(29)12-28-22(30)20-21(24-13-26(20)5)27(6)23(28)31/h8-11,13-15,19H,7,12H2,1-6H3,(H,25,29)/t15-,19-/m1/s1. The van der Waals surface area contributed by atoms with Crippen molar-refractivity contribution in [3.8, 4) is 0 Å². The summed E-state index contributed by atoms with van der Waals surface area (Å²) in [5.74, 6) is 0.231. The van der Waals surface area contributed by atoms with Gasteiger partial charge in [0.05, 0.1) is 12.4 Å². The van der Waals surface area contributed by atoms with E-state index in [1.165, 1.54) is 16.5 Å². The van der Waals surface area contributed by atoms with Gasteiger partial charge in [0, 0.05) is 14.1 Å². The SMILES string of the molecule is CC[C@@H](C)c1ccc([C@H](NC(=O)Cn2c(=O)c3c(ncn3C)n(C)c2=O)C(C)C)cc1. The summed E-state index contributed by atoms with van der Waals surface area (Å²) in [7, 11) is 3.23. The Hall–Kier alpha value is -3.16. The first-order chi connectivity index (χ1) is 14.6. The second-order valence-corrected chi connectivity index (χ2v) is 8.53. The van der Waals surface area contributed by atoms with Crippen molar-refractivity contribution in [2.24, 2.45) is 20.0 Å². The number of carbonyl (C=O) groups is 1. The van der Waals surface area contributed by atoms with E-state index in [2.05, 4.69) is 36.3 Å². The first-order valence-electron chi connectivity index (χ1n) is 10.7. The summed E-state index contributed by atoms with van der Waals surface area (Å²) in [4.78, 5) is 42.5. The van der Waals surface area contributed by atoms with E-state index in [1.807, 2.05) is 26.0 Å². The van der Waals surface area contributed by atoms with Gasteiger partial charge in [-0.05, 0) is 29.4 Å². The average molecular weight is 426 g/mol. The third-order valence-corrected chi connectivity index (χ3v) is 5.96. The summed E-state index contributed by atoms with van der Waals surface area (Å²) in [6, 6.07) is 8.06. The quantitative estimate of drug-likeness (QED) is 0.630. The van der Waals surface area contributed by atoms with Crippen molar-refractivity contribution < 1.29 is 4.79 Å². The predicted octanol–water partition coefficient (Wildman–Crippen LogP) is 2.46. The molecule has 0 saturated carbocycles. The molecule has 2 atom stereocenters. The number of nitrogens with one attached hydrogen (secondary N) is 1. The molecule has 0 unspecified atom stereocenters. The van der Waals surface area contributed by atoms with Crippen LogP contribution in [0, 0.1) is 5.92 Å². The van der Waals surface area contributed by atoms with E-state index in [1.54, 1.807) is 18.7 Å². The van der Waals surface area contributed by atoms with Crippen LogP contribution in [0.2, 0.25) is 0 Å². The van der Waals surface area contributed by atoms with E-state index in [9.17, 15) is 14.4 Å². The van der Waals surface area contributed by atoms with Crippen LogP contribution in [0.1, 0.15) is 57.2 Å². The minimum absolute atomic E-state index is 0.137. The molecule has 8 heteroatoms. The van der Waals surface area contributed by atoms with Crippen LogP contribution in [-0.4, -0.2) is 24.6 Å². The molecule has 1 aromatic carbocycles.